The minimum Gasteiger partial charge on any atom is -0.493 e. The highest BCUT2D eigenvalue weighted by atomic mass is 16.5. The topological polar surface area (TPSA) is 73.9 Å². The van der Waals surface area contributed by atoms with Gasteiger partial charge >= 0.3 is 5.97 Å². The lowest BCUT2D eigenvalue weighted by atomic mass is 10.1. The van der Waals surface area contributed by atoms with Gasteiger partial charge in [0.2, 0.25) is 0 Å². The molecule has 0 aromatic heterocycles. The van der Waals surface area contributed by atoms with Crippen molar-refractivity contribution in [3.63, 3.8) is 0 Å². The first-order valence-corrected chi connectivity index (χ1v) is 9.27. The van der Waals surface area contributed by atoms with E-state index in [1.165, 1.54) is 5.56 Å². The van der Waals surface area contributed by atoms with Gasteiger partial charge in [-0.25, -0.2) is 0 Å². The Balaban J connectivity index is 1.83. The van der Waals surface area contributed by atoms with Gasteiger partial charge in [-0.1, -0.05) is 25.1 Å². The van der Waals surface area contributed by atoms with E-state index in [-0.39, 0.29) is 12.3 Å². The molecule has 150 valence electrons. The second kappa shape index (κ2) is 10.3. The number of rotatable bonds is 9. The molecule has 2 rings (SSSR count). The Labute approximate surface area is 165 Å². The third-order valence-corrected chi connectivity index (χ3v) is 4.37. The molecular weight excluding hydrogens is 358 g/mol. The van der Waals surface area contributed by atoms with Crippen LogP contribution in [0.3, 0.4) is 0 Å². The van der Waals surface area contributed by atoms with Crippen LogP contribution in [0.4, 0.5) is 5.69 Å². The number of esters is 1. The lowest BCUT2D eigenvalue weighted by Crippen LogP contribution is -2.30. The van der Waals surface area contributed by atoms with Crippen LogP contribution in [-0.2, 0) is 27.2 Å². The molecule has 28 heavy (non-hydrogen) atoms. The Bertz CT molecular complexity index is 801. The summed E-state index contributed by atoms with van der Waals surface area (Å²) in [6.07, 6.45) is 0.704. The van der Waals surface area contributed by atoms with Crippen molar-refractivity contribution in [1.82, 2.24) is 0 Å². The highest BCUT2D eigenvalue weighted by Gasteiger charge is 2.18. The number of hydrogen-bond acceptors (Lipinski definition) is 5. The average Bonchev–Trinajstić information content (AvgIpc) is 2.72. The Morgan fingerprint density at radius 2 is 1.61 bits per heavy atom. The Kier molecular flexibility index (Phi) is 7.87. The van der Waals surface area contributed by atoms with Crippen LogP contribution >= 0.6 is 0 Å². The lowest BCUT2D eigenvalue weighted by molar-refractivity contribution is -0.153. The van der Waals surface area contributed by atoms with Crippen LogP contribution < -0.4 is 14.8 Å². The fourth-order valence-corrected chi connectivity index (χ4v) is 2.66. The van der Waals surface area contributed by atoms with Gasteiger partial charge in [0.25, 0.3) is 5.91 Å². The number of nitrogens with one attached hydrogen (secondary N) is 1. The first-order valence-electron chi connectivity index (χ1n) is 9.27. The highest BCUT2D eigenvalue weighted by Crippen LogP contribution is 2.28. The molecule has 1 atom stereocenters. The smallest absolute Gasteiger partial charge is 0.306 e. The van der Waals surface area contributed by atoms with Gasteiger partial charge in [0.1, 0.15) is 0 Å². The van der Waals surface area contributed by atoms with Crippen molar-refractivity contribution in [3.05, 3.63) is 53.6 Å². The number of aryl methyl sites for hydroxylation is 2. The van der Waals surface area contributed by atoms with E-state index in [9.17, 15) is 9.59 Å². The largest absolute Gasteiger partial charge is 0.493 e. The number of amides is 1. The van der Waals surface area contributed by atoms with Gasteiger partial charge in [0, 0.05) is 12.1 Å². The van der Waals surface area contributed by atoms with Gasteiger partial charge in [-0.15, -0.1) is 0 Å². The lowest BCUT2D eigenvalue weighted by Gasteiger charge is -2.14. The second-order valence-corrected chi connectivity index (χ2v) is 6.36. The summed E-state index contributed by atoms with van der Waals surface area (Å²) < 4.78 is 15.7. The molecule has 0 radical (unpaired) electrons. The third-order valence-electron chi connectivity index (χ3n) is 4.37. The molecular formula is C22H27NO5. The third kappa shape index (κ3) is 6.01. The Hall–Kier alpha value is -3.02. The van der Waals surface area contributed by atoms with Crippen LogP contribution in [0.1, 0.15) is 31.4 Å². The van der Waals surface area contributed by atoms with Crippen molar-refractivity contribution < 1.29 is 23.8 Å². The fraction of sp³-hybridized carbons (Fsp3) is 0.364. The maximum atomic E-state index is 12.2. The van der Waals surface area contributed by atoms with Crippen LogP contribution in [0, 0.1) is 0 Å². The van der Waals surface area contributed by atoms with Crippen molar-refractivity contribution in [1.29, 1.82) is 0 Å². The van der Waals surface area contributed by atoms with E-state index in [0.29, 0.717) is 23.6 Å². The Morgan fingerprint density at radius 3 is 2.21 bits per heavy atom. The summed E-state index contributed by atoms with van der Waals surface area (Å²) in [6.45, 7) is 3.63. The van der Waals surface area contributed by atoms with E-state index < -0.39 is 12.1 Å². The minimum atomic E-state index is -0.872. The summed E-state index contributed by atoms with van der Waals surface area (Å²) in [5.41, 5.74) is 2.78. The van der Waals surface area contributed by atoms with Gasteiger partial charge in [-0.3, -0.25) is 9.59 Å². The zero-order valence-corrected chi connectivity index (χ0v) is 16.8. The summed E-state index contributed by atoms with van der Waals surface area (Å²) in [5.74, 6) is 0.448. The highest BCUT2D eigenvalue weighted by molar-refractivity contribution is 5.95. The Morgan fingerprint density at radius 1 is 0.964 bits per heavy atom. The monoisotopic (exact) mass is 385 g/mol. The van der Waals surface area contributed by atoms with Crippen molar-refractivity contribution >= 4 is 17.6 Å². The van der Waals surface area contributed by atoms with Gasteiger partial charge in [-0.05, 0) is 55.2 Å². The molecule has 0 heterocycles. The normalized spacial score (nSPS) is 11.4. The van der Waals surface area contributed by atoms with Crippen LogP contribution in [0.25, 0.3) is 0 Å². The number of methoxy groups -OCH3 is 2. The van der Waals surface area contributed by atoms with E-state index in [0.717, 1.165) is 12.0 Å². The molecule has 0 fully saturated rings. The summed E-state index contributed by atoms with van der Waals surface area (Å²) in [5, 5.41) is 2.75. The molecule has 0 bridgehead atoms. The molecule has 0 aliphatic heterocycles. The van der Waals surface area contributed by atoms with Crippen LogP contribution in [0.5, 0.6) is 11.5 Å². The molecule has 6 heteroatoms. The van der Waals surface area contributed by atoms with E-state index in [1.807, 2.05) is 36.4 Å². The molecule has 2 aromatic carbocycles. The van der Waals surface area contributed by atoms with Crippen LogP contribution in [-0.4, -0.2) is 32.2 Å². The number of carbonyl (C=O) groups excluding carboxylic acids is 2. The predicted molar refractivity (Wildman–Crippen MR) is 108 cm³/mol. The van der Waals surface area contributed by atoms with Gasteiger partial charge < -0.3 is 19.5 Å². The molecule has 0 spiro atoms. The molecule has 1 amide bonds. The number of benzene rings is 2. The maximum absolute atomic E-state index is 12.2. The summed E-state index contributed by atoms with van der Waals surface area (Å²) in [6, 6.07) is 13.1. The molecule has 1 N–H and O–H groups in total. The van der Waals surface area contributed by atoms with Crippen LogP contribution in [0.15, 0.2) is 42.5 Å². The second-order valence-electron chi connectivity index (χ2n) is 6.36. The van der Waals surface area contributed by atoms with E-state index in [1.54, 1.807) is 27.2 Å². The molecule has 6 nitrogen and oxygen atoms in total. The predicted octanol–water partition coefficient (Wildman–Crippen LogP) is 3.77. The SMILES string of the molecule is CCc1ccc(NC(=O)[C@H](C)OC(=O)CCc2ccc(OC)c(OC)c2)cc1. The number of ether oxygens (including phenoxy) is 3. The van der Waals surface area contributed by atoms with E-state index in [4.69, 9.17) is 14.2 Å². The molecule has 2 aromatic rings. The summed E-state index contributed by atoms with van der Waals surface area (Å²) >= 11 is 0. The number of hydrogen-bond donors (Lipinski definition) is 1. The first-order chi connectivity index (χ1) is 13.5. The standard InChI is InChI=1S/C22H27NO5/c1-5-16-6-10-18(11-7-16)23-22(25)15(2)28-21(24)13-9-17-8-12-19(26-3)20(14-17)27-4/h6-8,10-12,14-15H,5,9,13H2,1-4H3,(H,23,25)/t15-/m0/s1. The van der Waals surface area contributed by atoms with Crippen molar-refractivity contribution in [3.8, 4) is 11.5 Å². The van der Waals surface area contributed by atoms with Crippen molar-refractivity contribution in [2.75, 3.05) is 19.5 Å². The summed E-state index contributed by atoms with van der Waals surface area (Å²) in [7, 11) is 3.13. The van der Waals surface area contributed by atoms with Gasteiger partial charge in [-0.2, -0.15) is 0 Å². The zero-order chi connectivity index (χ0) is 20.5. The maximum Gasteiger partial charge on any atom is 0.306 e. The van der Waals surface area contributed by atoms with Crippen molar-refractivity contribution in [2.24, 2.45) is 0 Å². The molecule has 0 aliphatic carbocycles. The van der Waals surface area contributed by atoms with E-state index in [2.05, 4.69) is 12.2 Å². The molecule has 0 saturated heterocycles. The van der Waals surface area contributed by atoms with E-state index >= 15 is 0 Å². The first kappa shape index (κ1) is 21.3. The zero-order valence-electron chi connectivity index (χ0n) is 16.8. The summed E-state index contributed by atoms with van der Waals surface area (Å²) in [4.78, 5) is 24.3. The quantitative estimate of drug-likeness (QED) is 0.665. The van der Waals surface area contributed by atoms with Gasteiger partial charge in [0.15, 0.2) is 17.6 Å². The number of carbonyl (C=O) groups is 2. The van der Waals surface area contributed by atoms with Crippen molar-refractivity contribution in [2.45, 2.75) is 39.2 Å². The number of anilines is 1. The van der Waals surface area contributed by atoms with Crippen LogP contribution in [0.2, 0.25) is 0 Å². The minimum absolute atomic E-state index is 0.165. The fourth-order valence-electron chi connectivity index (χ4n) is 2.66. The molecule has 0 aliphatic rings. The average molecular weight is 385 g/mol. The van der Waals surface area contributed by atoms with Gasteiger partial charge in [0.05, 0.1) is 14.2 Å². The molecule has 0 unspecified atom stereocenters. The molecule has 0 saturated carbocycles.